The van der Waals surface area contributed by atoms with Crippen LogP contribution in [-0.2, 0) is 11.2 Å². The third-order valence-electron chi connectivity index (χ3n) is 3.18. The van der Waals surface area contributed by atoms with Crippen LogP contribution in [0.2, 0.25) is 0 Å². The minimum Gasteiger partial charge on any atom is -0.496 e. The number of carbonyl (C=O) groups excluding carboxylic acids is 1. The Hall–Kier alpha value is -2.52. The van der Waals surface area contributed by atoms with Gasteiger partial charge in [-0.05, 0) is 34.5 Å². The Bertz CT molecular complexity index is 655. The topological polar surface area (TPSA) is 71.3 Å². The normalized spacial score (nSPS) is 11.3. The summed E-state index contributed by atoms with van der Waals surface area (Å²) < 4.78 is 10.5. The zero-order valence-electron chi connectivity index (χ0n) is 12.3. The summed E-state index contributed by atoms with van der Waals surface area (Å²) in [5.41, 5.74) is 1.44. The maximum atomic E-state index is 12.2. The second kappa shape index (κ2) is 7.48. The SMILES string of the molecule is COc1cccc(OC)c1CC(=O)N[C@@H](C#N)c1ccsc1. The van der Waals surface area contributed by atoms with E-state index in [0.29, 0.717) is 17.1 Å². The summed E-state index contributed by atoms with van der Waals surface area (Å²) in [4.78, 5) is 12.2. The molecule has 0 fully saturated rings. The van der Waals surface area contributed by atoms with Gasteiger partial charge >= 0.3 is 0 Å². The molecule has 1 N–H and O–H groups in total. The second-order valence-corrected chi connectivity index (χ2v) is 5.28. The third-order valence-corrected chi connectivity index (χ3v) is 3.88. The van der Waals surface area contributed by atoms with Crippen molar-refractivity contribution in [2.45, 2.75) is 12.5 Å². The van der Waals surface area contributed by atoms with E-state index in [0.717, 1.165) is 5.56 Å². The molecule has 0 saturated heterocycles. The first-order valence-electron chi connectivity index (χ1n) is 6.60. The summed E-state index contributed by atoms with van der Waals surface area (Å²) in [6, 6.07) is 8.59. The highest BCUT2D eigenvalue weighted by atomic mass is 32.1. The number of nitrogens with one attached hydrogen (secondary N) is 1. The first kappa shape index (κ1) is 15.9. The van der Waals surface area contributed by atoms with Crippen LogP contribution >= 0.6 is 11.3 Å². The van der Waals surface area contributed by atoms with Gasteiger partial charge in [-0.3, -0.25) is 4.79 Å². The van der Waals surface area contributed by atoms with Gasteiger partial charge in [0.15, 0.2) is 0 Å². The van der Waals surface area contributed by atoms with Crippen molar-refractivity contribution in [2.75, 3.05) is 14.2 Å². The fraction of sp³-hybridized carbons (Fsp3) is 0.250. The molecule has 0 unspecified atom stereocenters. The van der Waals surface area contributed by atoms with E-state index in [1.54, 1.807) is 32.4 Å². The first-order chi connectivity index (χ1) is 10.7. The number of ether oxygens (including phenoxy) is 2. The Labute approximate surface area is 133 Å². The third kappa shape index (κ3) is 3.57. The fourth-order valence-electron chi connectivity index (χ4n) is 2.10. The lowest BCUT2D eigenvalue weighted by atomic mass is 10.1. The van der Waals surface area contributed by atoms with Crippen molar-refractivity contribution < 1.29 is 14.3 Å². The van der Waals surface area contributed by atoms with E-state index in [1.807, 2.05) is 16.8 Å². The molecule has 1 heterocycles. The average molecular weight is 316 g/mol. The van der Waals surface area contributed by atoms with E-state index < -0.39 is 6.04 Å². The number of hydrogen-bond acceptors (Lipinski definition) is 5. The van der Waals surface area contributed by atoms with Gasteiger partial charge < -0.3 is 14.8 Å². The molecule has 5 nitrogen and oxygen atoms in total. The molecule has 1 amide bonds. The molecule has 0 aliphatic carbocycles. The minimum atomic E-state index is -0.653. The van der Waals surface area contributed by atoms with Gasteiger partial charge in [-0.2, -0.15) is 16.6 Å². The lowest BCUT2D eigenvalue weighted by Crippen LogP contribution is -2.29. The number of benzene rings is 1. The van der Waals surface area contributed by atoms with Crippen LogP contribution in [0, 0.1) is 11.3 Å². The van der Waals surface area contributed by atoms with Crippen molar-refractivity contribution in [1.82, 2.24) is 5.32 Å². The summed E-state index contributed by atoms with van der Waals surface area (Å²) in [5.74, 6) is 0.901. The Kier molecular flexibility index (Phi) is 5.39. The molecule has 114 valence electrons. The highest BCUT2D eigenvalue weighted by Crippen LogP contribution is 2.28. The lowest BCUT2D eigenvalue weighted by molar-refractivity contribution is -0.120. The Morgan fingerprint density at radius 1 is 1.32 bits per heavy atom. The van der Waals surface area contributed by atoms with E-state index in [1.165, 1.54) is 11.3 Å². The number of nitriles is 1. The molecule has 22 heavy (non-hydrogen) atoms. The zero-order chi connectivity index (χ0) is 15.9. The van der Waals surface area contributed by atoms with Crippen molar-refractivity contribution in [3.05, 3.63) is 46.2 Å². The van der Waals surface area contributed by atoms with Crippen LogP contribution in [0.3, 0.4) is 0 Å². The van der Waals surface area contributed by atoms with Gasteiger partial charge in [-0.15, -0.1) is 0 Å². The monoisotopic (exact) mass is 316 g/mol. The van der Waals surface area contributed by atoms with Gasteiger partial charge in [0, 0.05) is 5.56 Å². The quantitative estimate of drug-likeness (QED) is 0.889. The van der Waals surface area contributed by atoms with E-state index in [9.17, 15) is 10.1 Å². The van der Waals surface area contributed by atoms with Crippen LogP contribution in [-0.4, -0.2) is 20.1 Å². The Morgan fingerprint density at radius 3 is 2.50 bits per heavy atom. The standard InChI is InChI=1S/C16H16N2O3S/c1-20-14-4-3-5-15(21-2)12(14)8-16(19)18-13(9-17)11-6-7-22-10-11/h3-7,10,13H,8H2,1-2H3,(H,18,19)/t13-/m0/s1. The molecule has 2 aromatic rings. The molecular weight excluding hydrogens is 300 g/mol. The van der Waals surface area contributed by atoms with Crippen molar-refractivity contribution in [3.8, 4) is 17.6 Å². The van der Waals surface area contributed by atoms with Crippen LogP contribution < -0.4 is 14.8 Å². The minimum absolute atomic E-state index is 0.0789. The predicted molar refractivity (Wildman–Crippen MR) is 84.1 cm³/mol. The average Bonchev–Trinajstić information content (AvgIpc) is 3.07. The van der Waals surface area contributed by atoms with Crippen molar-refractivity contribution in [1.29, 1.82) is 5.26 Å². The highest BCUT2D eigenvalue weighted by Gasteiger charge is 2.18. The maximum Gasteiger partial charge on any atom is 0.225 e. The van der Waals surface area contributed by atoms with Gasteiger partial charge in [0.2, 0.25) is 5.91 Å². The van der Waals surface area contributed by atoms with Gasteiger partial charge in [-0.1, -0.05) is 6.07 Å². The first-order valence-corrected chi connectivity index (χ1v) is 7.54. The molecule has 0 spiro atoms. The highest BCUT2D eigenvalue weighted by molar-refractivity contribution is 7.08. The summed E-state index contributed by atoms with van der Waals surface area (Å²) in [7, 11) is 3.08. The summed E-state index contributed by atoms with van der Waals surface area (Å²) >= 11 is 1.48. The molecule has 0 radical (unpaired) electrons. The number of rotatable bonds is 6. The summed E-state index contributed by atoms with van der Waals surface area (Å²) in [6.07, 6.45) is 0.0789. The number of methoxy groups -OCH3 is 2. The zero-order valence-corrected chi connectivity index (χ0v) is 13.1. The maximum absolute atomic E-state index is 12.2. The van der Waals surface area contributed by atoms with Gasteiger partial charge in [-0.25, -0.2) is 0 Å². The van der Waals surface area contributed by atoms with E-state index in [-0.39, 0.29) is 12.3 Å². The van der Waals surface area contributed by atoms with Crippen LogP contribution in [0.15, 0.2) is 35.0 Å². The fourth-order valence-corrected chi connectivity index (χ4v) is 2.79. The number of thiophene rings is 1. The molecule has 1 aromatic heterocycles. The van der Waals surface area contributed by atoms with E-state index in [4.69, 9.17) is 9.47 Å². The van der Waals surface area contributed by atoms with Crippen molar-refractivity contribution in [2.24, 2.45) is 0 Å². The second-order valence-electron chi connectivity index (χ2n) is 4.50. The number of amides is 1. The van der Waals surface area contributed by atoms with Crippen molar-refractivity contribution in [3.63, 3.8) is 0 Å². The van der Waals surface area contributed by atoms with Crippen LogP contribution in [0.4, 0.5) is 0 Å². The molecule has 1 aromatic carbocycles. The summed E-state index contributed by atoms with van der Waals surface area (Å²) in [6.45, 7) is 0. The molecular formula is C16H16N2O3S. The van der Waals surface area contributed by atoms with Gasteiger partial charge in [0.1, 0.15) is 17.5 Å². The van der Waals surface area contributed by atoms with Crippen LogP contribution in [0.1, 0.15) is 17.2 Å². The number of hydrogen-bond donors (Lipinski definition) is 1. The molecule has 2 rings (SSSR count). The molecule has 0 aliphatic rings. The lowest BCUT2D eigenvalue weighted by Gasteiger charge is -2.14. The Morgan fingerprint density at radius 2 is 2.00 bits per heavy atom. The van der Waals surface area contributed by atoms with Crippen LogP contribution in [0.5, 0.6) is 11.5 Å². The number of nitrogens with zero attached hydrogens (tertiary/aromatic N) is 1. The van der Waals surface area contributed by atoms with Crippen LogP contribution in [0.25, 0.3) is 0 Å². The largest absolute Gasteiger partial charge is 0.496 e. The molecule has 6 heteroatoms. The van der Waals surface area contributed by atoms with Crippen molar-refractivity contribution >= 4 is 17.2 Å². The predicted octanol–water partition coefficient (Wildman–Crippen LogP) is 2.69. The molecule has 0 bridgehead atoms. The molecule has 0 saturated carbocycles. The van der Waals surface area contributed by atoms with E-state index >= 15 is 0 Å². The van der Waals surface area contributed by atoms with Gasteiger partial charge in [0.05, 0.1) is 26.7 Å². The smallest absolute Gasteiger partial charge is 0.225 e. The number of carbonyl (C=O) groups is 1. The Balaban J connectivity index is 2.14. The molecule has 1 atom stereocenters. The molecule has 0 aliphatic heterocycles. The summed E-state index contributed by atoms with van der Waals surface area (Å²) in [5, 5.41) is 15.6. The van der Waals surface area contributed by atoms with Gasteiger partial charge in [0.25, 0.3) is 0 Å². The van der Waals surface area contributed by atoms with E-state index in [2.05, 4.69) is 11.4 Å².